The summed E-state index contributed by atoms with van der Waals surface area (Å²) in [5.74, 6) is -0.155. The highest BCUT2D eigenvalue weighted by Gasteiger charge is 2.01. The number of aryl methyl sites for hydroxylation is 1. The fourth-order valence-corrected chi connectivity index (χ4v) is 1.86. The van der Waals surface area contributed by atoms with E-state index < -0.39 is 0 Å². The Morgan fingerprint density at radius 1 is 1.44 bits per heavy atom. The Kier molecular flexibility index (Phi) is 5.85. The van der Waals surface area contributed by atoms with Gasteiger partial charge in [-0.05, 0) is 49.4 Å². The van der Waals surface area contributed by atoms with Crippen LogP contribution in [0.2, 0.25) is 0 Å². The van der Waals surface area contributed by atoms with E-state index in [1.807, 2.05) is 24.8 Å². The van der Waals surface area contributed by atoms with Crippen molar-refractivity contribution in [2.45, 2.75) is 32.1 Å². The second-order valence-electron chi connectivity index (χ2n) is 4.08. The normalized spacial score (nSPS) is 12.8. The number of hydrogen-bond donors (Lipinski definition) is 1. The van der Waals surface area contributed by atoms with Gasteiger partial charge in [0.05, 0.1) is 0 Å². The largest absolute Gasteiger partial charge is 0.313 e. The maximum absolute atomic E-state index is 12.9. The van der Waals surface area contributed by atoms with Crippen LogP contribution in [0, 0.1) is 12.7 Å². The van der Waals surface area contributed by atoms with E-state index in [4.69, 9.17) is 0 Å². The summed E-state index contributed by atoms with van der Waals surface area (Å²) in [7, 11) is 0. The molecule has 0 aliphatic heterocycles. The first-order valence-corrected chi connectivity index (χ1v) is 6.91. The van der Waals surface area contributed by atoms with Crippen LogP contribution in [-0.4, -0.2) is 18.1 Å². The molecule has 0 aliphatic carbocycles. The standard InChI is InChI=1S/C13H20FNS/c1-10-8-13(14)5-4-12(10)9-15-7-6-11(2)16-3/h4-5,8,11,15H,6-7,9H2,1-3H3. The lowest BCUT2D eigenvalue weighted by Crippen LogP contribution is -2.18. The molecule has 0 radical (unpaired) electrons. The van der Waals surface area contributed by atoms with Crippen molar-refractivity contribution in [3.8, 4) is 0 Å². The Hall–Kier alpha value is -0.540. The Labute approximate surface area is 102 Å². The monoisotopic (exact) mass is 241 g/mol. The minimum Gasteiger partial charge on any atom is -0.313 e. The predicted molar refractivity (Wildman–Crippen MR) is 70.4 cm³/mol. The number of benzene rings is 1. The highest BCUT2D eigenvalue weighted by atomic mass is 32.2. The lowest BCUT2D eigenvalue weighted by Gasteiger charge is -2.10. The molecule has 0 amide bonds. The van der Waals surface area contributed by atoms with E-state index >= 15 is 0 Å². The van der Waals surface area contributed by atoms with Crippen molar-refractivity contribution in [3.05, 3.63) is 35.1 Å². The summed E-state index contributed by atoms with van der Waals surface area (Å²) in [6, 6.07) is 4.96. The number of halogens is 1. The molecule has 0 heterocycles. The second-order valence-corrected chi connectivity index (χ2v) is 5.36. The summed E-state index contributed by atoms with van der Waals surface area (Å²) in [4.78, 5) is 0. The van der Waals surface area contributed by atoms with Crippen molar-refractivity contribution in [2.24, 2.45) is 0 Å². The van der Waals surface area contributed by atoms with Crippen LogP contribution in [0.25, 0.3) is 0 Å². The van der Waals surface area contributed by atoms with Gasteiger partial charge in [0, 0.05) is 11.8 Å². The molecule has 0 saturated carbocycles. The van der Waals surface area contributed by atoms with E-state index in [0.29, 0.717) is 5.25 Å². The van der Waals surface area contributed by atoms with E-state index in [9.17, 15) is 4.39 Å². The molecule has 0 aliphatic rings. The quantitative estimate of drug-likeness (QED) is 0.766. The van der Waals surface area contributed by atoms with Gasteiger partial charge in [-0.15, -0.1) is 0 Å². The summed E-state index contributed by atoms with van der Waals surface area (Å²) in [5, 5.41) is 4.09. The average Bonchev–Trinajstić information content (AvgIpc) is 2.26. The van der Waals surface area contributed by atoms with E-state index in [2.05, 4.69) is 18.5 Å². The van der Waals surface area contributed by atoms with Crippen molar-refractivity contribution in [2.75, 3.05) is 12.8 Å². The predicted octanol–water partition coefficient (Wildman–Crippen LogP) is 3.37. The third-order valence-corrected chi connectivity index (χ3v) is 3.79. The van der Waals surface area contributed by atoms with Gasteiger partial charge in [0.1, 0.15) is 5.82 Å². The molecule has 0 fully saturated rings. The molecule has 90 valence electrons. The molecule has 0 spiro atoms. The highest BCUT2D eigenvalue weighted by Crippen LogP contribution is 2.11. The molecular weight excluding hydrogens is 221 g/mol. The molecule has 0 bridgehead atoms. The summed E-state index contributed by atoms with van der Waals surface area (Å²) in [5.41, 5.74) is 2.20. The molecule has 1 nitrogen and oxygen atoms in total. The van der Waals surface area contributed by atoms with Crippen LogP contribution in [0.1, 0.15) is 24.5 Å². The SMILES string of the molecule is CSC(C)CCNCc1ccc(F)cc1C. The first-order valence-electron chi connectivity index (χ1n) is 5.62. The van der Waals surface area contributed by atoms with Gasteiger partial charge < -0.3 is 5.32 Å². The zero-order chi connectivity index (χ0) is 12.0. The zero-order valence-corrected chi connectivity index (χ0v) is 11.0. The van der Waals surface area contributed by atoms with Gasteiger partial charge in [0.15, 0.2) is 0 Å². The summed E-state index contributed by atoms with van der Waals surface area (Å²) in [6.45, 7) is 6.02. The minimum atomic E-state index is -0.155. The Bertz CT molecular complexity index is 328. The van der Waals surface area contributed by atoms with Gasteiger partial charge >= 0.3 is 0 Å². The molecule has 1 N–H and O–H groups in total. The van der Waals surface area contributed by atoms with Crippen molar-refractivity contribution in [1.82, 2.24) is 5.32 Å². The van der Waals surface area contributed by atoms with Crippen LogP contribution in [0.15, 0.2) is 18.2 Å². The molecule has 0 aromatic heterocycles. The maximum atomic E-state index is 12.9. The van der Waals surface area contributed by atoms with Crippen LogP contribution >= 0.6 is 11.8 Å². The van der Waals surface area contributed by atoms with E-state index in [-0.39, 0.29) is 5.82 Å². The zero-order valence-electron chi connectivity index (χ0n) is 10.2. The first-order chi connectivity index (χ1) is 7.63. The van der Waals surface area contributed by atoms with Crippen LogP contribution in [0.5, 0.6) is 0 Å². The first kappa shape index (κ1) is 13.5. The molecule has 3 heteroatoms. The Morgan fingerprint density at radius 3 is 2.81 bits per heavy atom. The number of nitrogens with one attached hydrogen (secondary N) is 1. The van der Waals surface area contributed by atoms with Crippen LogP contribution in [-0.2, 0) is 6.54 Å². The molecule has 16 heavy (non-hydrogen) atoms. The Morgan fingerprint density at radius 2 is 2.19 bits per heavy atom. The molecular formula is C13H20FNS. The highest BCUT2D eigenvalue weighted by molar-refractivity contribution is 7.99. The van der Waals surface area contributed by atoms with Crippen molar-refractivity contribution in [1.29, 1.82) is 0 Å². The fraction of sp³-hybridized carbons (Fsp3) is 0.538. The minimum absolute atomic E-state index is 0.155. The smallest absolute Gasteiger partial charge is 0.123 e. The van der Waals surface area contributed by atoms with Gasteiger partial charge in [-0.3, -0.25) is 0 Å². The van der Waals surface area contributed by atoms with Crippen LogP contribution < -0.4 is 5.32 Å². The summed E-state index contributed by atoms with van der Waals surface area (Å²) >= 11 is 1.89. The third kappa shape index (κ3) is 4.54. The van der Waals surface area contributed by atoms with Crippen LogP contribution in [0.3, 0.4) is 0 Å². The lowest BCUT2D eigenvalue weighted by molar-refractivity contribution is 0.620. The topological polar surface area (TPSA) is 12.0 Å². The Balaban J connectivity index is 2.32. The van der Waals surface area contributed by atoms with Crippen LogP contribution in [0.4, 0.5) is 4.39 Å². The molecule has 1 aromatic rings. The fourth-order valence-electron chi connectivity index (χ4n) is 1.50. The van der Waals surface area contributed by atoms with Crippen molar-refractivity contribution >= 4 is 11.8 Å². The van der Waals surface area contributed by atoms with Crippen molar-refractivity contribution < 1.29 is 4.39 Å². The lowest BCUT2D eigenvalue weighted by atomic mass is 10.1. The number of rotatable bonds is 6. The maximum Gasteiger partial charge on any atom is 0.123 e. The van der Waals surface area contributed by atoms with Gasteiger partial charge in [0.2, 0.25) is 0 Å². The molecule has 1 rings (SSSR count). The molecule has 1 atom stereocenters. The summed E-state index contributed by atoms with van der Waals surface area (Å²) < 4.78 is 12.9. The number of hydrogen-bond acceptors (Lipinski definition) is 2. The van der Waals surface area contributed by atoms with Crippen molar-refractivity contribution in [3.63, 3.8) is 0 Å². The van der Waals surface area contributed by atoms with Gasteiger partial charge in [0.25, 0.3) is 0 Å². The second kappa shape index (κ2) is 6.92. The van der Waals surface area contributed by atoms with E-state index in [1.165, 1.54) is 18.1 Å². The number of thioether (sulfide) groups is 1. The van der Waals surface area contributed by atoms with E-state index in [1.54, 1.807) is 6.07 Å². The summed E-state index contributed by atoms with van der Waals surface area (Å²) in [6.07, 6.45) is 3.30. The van der Waals surface area contributed by atoms with Gasteiger partial charge in [-0.2, -0.15) is 11.8 Å². The molecule has 0 saturated heterocycles. The molecule has 1 unspecified atom stereocenters. The van der Waals surface area contributed by atoms with E-state index in [0.717, 1.165) is 18.7 Å². The average molecular weight is 241 g/mol. The van der Waals surface area contributed by atoms with Gasteiger partial charge in [-0.25, -0.2) is 4.39 Å². The molecule has 1 aromatic carbocycles. The van der Waals surface area contributed by atoms with Gasteiger partial charge in [-0.1, -0.05) is 13.0 Å². The third-order valence-electron chi connectivity index (χ3n) is 2.75.